The topological polar surface area (TPSA) is 30.7 Å². The Balaban J connectivity index is 2.54. The quantitative estimate of drug-likeness (QED) is 0.650. The van der Waals surface area contributed by atoms with E-state index in [1.54, 1.807) is 6.33 Å². The van der Waals surface area contributed by atoms with Crippen LogP contribution in [0.15, 0.2) is 12.7 Å². The van der Waals surface area contributed by atoms with Crippen LogP contribution in [0.4, 0.5) is 0 Å². The number of unbranched alkanes of at least 4 members (excludes halogenated alkanes) is 2. The summed E-state index contributed by atoms with van der Waals surface area (Å²) in [6, 6.07) is 2.87. The van der Waals surface area contributed by atoms with Gasteiger partial charge in [-0.1, -0.05) is 58.2 Å². The van der Waals surface area contributed by atoms with Crippen LogP contribution < -0.4 is 0 Å². The van der Waals surface area contributed by atoms with Crippen LogP contribution in [0.2, 0.25) is 18.6 Å². The van der Waals surface area contributed by atoms with Gasteiger partial charge in [-0.15, -0.1) is 0 Å². The van der Waals surface area contributed by atoms with Gasteiger partial charge in [-0.05, 0) is 0 Å². The van der Waals surface area contributed by atoms with E-state index in [0.717, 1.165) is 6.17 Å². The maximum absolute atomic E-state index is 4.26. The summed E-state index contributed by atoms with van der Waals surface area (Å²) < 4.78 is 2.04. The van der Waals surface area contributed by atoms with Crippen LogP contribution in [0.1, 0.15) is 39.5 Å². The van der Waals surface area contributed by atoms with E-state index < -0.39 is 8.07 Å². The number of hydrogen-bond acceptors (Lipinski definition) is 2. The zero-order chi connectivity index (χ0) is 11.9. The second kappa shape index (κ2) is 6.84. The first-order chi connectivity index (χ1) is 7.70. The lowest BCUT2D eigenvalue weighted by atomic mass is 10.4. The Hall–Kier alpha value is -0.643. The Bertz CT molecular complexity index is 264. The SMILES string of the molecule is CCCC[Si](C)(CCCC)Cn1cncn1. The van der Waals surface area contributed by atoms with Crippen molar-refractivity contribution >= 4 is 8.07 Å². The first-order valence-electron chi connectivity index (χ1n) is 6.52. The first kappa shape index (κ1) is 13.4. The molecule has 0 amide bonds. The van der Waals surface area contributed by atoms with E-state index in [4.69, 9.17) is 0 Å². The molecule has 1 aromatic rings. The molecule has 0 saturated heterocycles. The van der Waals surface area contributed by atoms with Crippen LogP contribution in [0.25, 0.3) is 0 Å². The van der Waals surface area contributed by atoms with Gasteiger partial charge in [0.25, 0.3) is 0 Å². The van der Waals surface area contributed by atoms with Gasteiger partial charge in [-0.3, -0.25) is 4.68 Å². The van der Waals surface area contributed by atoms with Crippen molar-refractivity contribution < 1.29 is 0 Å². The number of nitrogens with zero attached hydrogens (tertiary/aromatic N) is 3. The summed E-state index contributed by atoms with van der Waals surface area (Å²) in [4.78, 5) is 4.04. The Morgan fingerprint density at radius 3 is 2.19 bits per heavy atom. The Morgan fingerprint density at radius 1 is 1.12 bits per heavy atom. The molecule has 0 N–H and O–H groups in total. The van der Waals surface area contributed by atoms with Crippen molar-refractivity contribution in [1.29, 1.82) is 0 Å². The molecule has 1 rings (SSSR count). The van der Waals surface area contributed by atoms with Gasteiger partial charge in [-0.2, -0.15) is 5.10 Å². The Morgan fingerprint density at radius 2 is 1.75 bits per heavy atom. The Labute approximate surface area is 100 Å². The molecule has 16 heavy (non-hydrogen) atoms. The van der Waals surface area contributed by atoms with Crippen LogP contribution in [0.5, 0.6) is 0 Å². The van der Waals surface area contributed by atoms with E-state index in [-0.39, 0.29) is 0 Å². The average Bonchev–Trinajstić information content (AvgIpc) is 2.76. The fourth-order valence-corrected chi connectivity index (χ4v) is 6.12. The summed E-state index contributed by atoms with van der Waals surface area (Å²) in [7, 11) is -1.14. The highest BCUT2D eigenvalue weighted by Crippen LogP contribution is 2.23. The zero-order valence-electron chi connectivity index (χ0n) is 10.9. The summed E-state index contributed by atoms with van der Waals surface area (Å²) in [5.41, 5.74) is 0. The normalized spacial score (nSPS) is 11.9. The monoisotopic (exact) mass is 239 g/mol. The molecule has 0 fully saturated rings. The lowest BCUT2D eigenvalue weighted by Crippen LogP contribution is -2.36. The molecule has 1 heterocycles. The highest BCUT2D eigenvalue weighted by molar-refractivity contribution is 6.77. The molecule has 0 unspecified atom stereocenters. The van der Waals surface area contributed by atoms with Gasteiger partial charge in [0.2, 0.25) is 0 Å². The minimum atomic E-state index is -1.14. The number of rotatable bonds is 8. The lowest BCUT2D eigenvalue weighted by molar-refractivity contribution is 0.698. The molecule has 3 nitrogen and oxygen atoms in total. The van der Waals surface area contributed by atoms with Crippen molar-refractivity contribution in [3.63, 3.8) is 0 Å². The molecule has 0 saturated carbocycles. The van der Waals surface area contributed by atoms with Gasteiger partial charge in [0, 0.05) is 6.17 Å². The summed E-state index contributed by atoms with van der Waals surface area (Å²) >= 11 is 0. The van der Waals surface area contributed by atoms with E-state index in [9.17, 15) is 0 Å². The van der Waals surface area contributed by atoms with Crippen LogP contribution in [0, 0.1) is 0 Å². The van der Waals surface area contributed by atoms with Gasteiger partial charge in [0.1, 0.15) is 12.7 Å². The van der Waals surface area contributed by atoms with Crippen molar-refractivity contribution in [3.05, 3.63) is 12.7 Å². The molecule has 0 aliphatic heterocycles. The second-order valence-electron chi connectivity index (χ2n) is 5.11. The molecule has 0 aliphatic carbocycles. The van der Waals surface area contributed by atoms with Gasteiger partial charge in [0.05, 0.1) is 8.07 Å². The van der Waals surface area contributed by atoms with E-state index in [1.165, 1.54) is 37.8 Å². The lowest BCUT2D eigenvalue weighted by Gasteiger charge is -2.27. The van der Waals surface area contributed by atoms with Crippen molar-refractivity contribution in [1.82, 2.24) is 14.8 Å². The molecule has 0 atom stereocenters. The molecule has 0 bridgehead atoms. The van der Waals surface area contributed by atoms with E-state index in [2.05, 4.69) is 30.5 Å². The molecule has 0 aromatic carbocycles. The molecular formula is C12H25N3Si. The molecule has 92 valence electrons. The van der Waals surface area contributed by atoms with Gasteiger partial charge in [0.15, 0.2) is 0 Å². The Kier molecular flexibility index (Phi) is 5.73. The summed E-state index contributed by atoms with van der Waals surface area (Å²) in [6.07, 6.45) is 10.0. The van der Waals surface area contributed by atoms with E-state index in [0.29, 0.717) is 0 Å². The third-order valence-electron chi connectivity index (χ3n) is 3.28. The van der Waals surface area contributed by atoms with Crippen molar-refractivity contribution in [2.45, 2.75) is 64.3 Å². The highest BCUT2D eigenvalue weighted by atomic mass is 28.3. The van der Waals surface area contributed by atoms with Crippen LogP contribution in [-0.2, 0) is 6.17 Å². The first-order valence-corrected chi connectivity index (χ1v) is 9.65. The number of hydrogen-bond donors (Lipinski definition) is 0. The molecule has 0 radical (unpaired) electrons. The van der Waals surface area contributed by atoms with E-state index in [1.807, 2.05) is 11.0 Å². The average molecular weight is 239 g/mol. The predicted molar refractivity (Wildman–Crippen MR) is 71.1 cm³/mol. The summed E-state index contributed by atoms with van der Waals surface area (Å²) in [5.74, 6) is 0. The maximum Gasteiger partial charge on any atom is 0.137 e. The predicted octanol–water partition coefficient (Wildman–Crippen LogP) is 3.50. The summed E-state index contributed by atoms with van der Waals surface area (Å²) in [6.45, 7) is 7.09. The maximum atomic E-state index is 4.26. The van der Waals surface area contributed by atoms with E-state index >= 15 is 0 Å². The van der Waals surface area contributed by atoms with Gasteiger partial charge in [-0.25, -0.2) is 4.98 Å². The van der Waals surface area contributed by atoms with Crippen molar-refractivity contribution in [2.24, 2.45) is 0 Å². The van der Waals surface area contributed by atoms with Crippen LogP contribution >= 0.6 is 0 Å². The van der Waals surface area contributed by atoms with Crippen LogP contribution in [0.3, 0.4) is 0 Å². The fourth-order valence-electron chi connectivity index (χ4n) is 2.20. The molecule has 0 spiro atoms. The fraction of sp³-hybridized carbons (Fsp3) is 0.833. The van der Waals surface area contributed by atoms with Gasteiger partial charge < -0.3 is 0 Å². The minimum absolute atomic E-state index is 1.14. The zero-order valence-corrected chi connectivity index (χ0v) is 11.9. The molecule has 1 aromatic heterocycles. The second-order valence-corrected chi connectivity index (χ2v) is 10.0. The van der Waals surface area contributed by atoms with Crippen LogP contribution in [-0.4, -0.2) is 22.8 Å². The number of aromatic nitrogens is 3. The molecule has 4 heteroatoms. The standard InChI is InChI=1S/C12H25N3Si/c1-4-6-8-16(3,9-7-5-2)12-15-11-13-10-14-15/h10-11H,4-9,12H2,1-3H3. The minimum Gasteiger partial charge on any atom is -0.256 e. The van der Waals surface area contributed by atoms with Crippen molar-refractivity contribution in [3.8, 4) is 0 Å². The van der Waals surface area contributed by atoms with Gasteiger partial charge >= 0.3 is 0 Å². The third kappa shape index (κ3) is 4.47. The largest absolute Gasteiger partial charge is 0.256 e. The van der Waals surface area contributed by atoms with Crippen molar-refractivity contribution in [2.75, 3.05) is 0 Å². The smallest absolute Gasteiger partial charge is 0.137 e. The molecule has 0 aliphatic rings. The third-order valence-corrected chi connectivity index (χ3v) is 7.49. The highest BCUT2D eigenvalue weighted by Gasteiger charge is 2.26. The summed E-state index contributed by atoms with van der Waals surface area (Å²) in [5, 5.41) is 4.26. The molecular weight excluding hydrogens is 214 g/mol.